The molecule has 3 amide bonds. The minimum atomic E-state index is -0.456. The number of amides is 3. The molecular weight excluding hydrogens is 220 g/mol. The number of rotatable bonds is 4. The van der Waals surface area contributed by atoms with Gasteiger partial charge in [0.15, 0.2) is 0 Å². The minimum absolute atomic E-state index is 0.0100. The second-order valence-electron chi connectivity index (χ2n) is 3.90. The monoisotopic (exact) mass is 234 g/mol. The first kappa shape index (κ1) is 11.6. The first-order chi connectivity index (χ1) is 8.18. The predicted octanol–water partition coefficient (Wildman–Crippen LogP) is 1.10. The average Bonchev–Trinajstić information content (AvgIpc) is 2.57. The highest BCUT2D eigenvalue weighted by atomic mass is 16.5. The number of ether oxygens (including phenoxy) is 1. The van der Waals surface area contributed by atoms with Gasteiger partial charge in [0.25, 0.3) is 5.91 Å². The minimum Gasteiger partial charge on any atom is -0.356 e. The maximum atomic E-state index is 11.5. The molecule has 1 heterocycles. The van der Waals surface area contributed by atoms with E-state index in [9.17, 15) is 9.59 Å². The Morgan fingerprint density at radius 1 is 1.29 bits per heavy atom. The number of carbonyl (C=O) groups excluding carboxylic acids is 2. The van der Waals surface area contributed by atoms with Gasteiger partial charge in [0.1, 0.15) is 12.8 Å². The van der Waals surface area contributed by atoms with Crippen LogP contribution in [0.25, 0.3) is 0 Å². The largest absolute Gasteiger partial charge is 0.356 e. The molecule has 0 aromatic heterocycles. The van der Waals surface area contributed by atoms with Gasteiger partial charge < -0.3 is 10.1 Å². The molecule has 1 unspecified atom stereocenters. The number of hydrogen-bond donors (Lipinski definition) is 1. The van der Waals surface area contributed by atoms with Crippen LogP contribution in [-0.2, 0) is 16.1 Å². The van der Waals surface area contributed by atoms with Crippen molar-refractivity contribution in [3.05, 3.63) is 35.9 Å². The van der Waals surface area contributed by atoms with Gasteiger partial charge in [-0.25, -0.2) is 9.69 Å². The Labute approximate surface area is 99.4 Å². The molecule has 0 aliphatic carbocycles. The molecule has 5 nitrogen and oxygen atoms in total. The van der Waals surface area contributed by atoms with Crippen LogP contribution >= 0.6 is 0 Å². The van der Waals surface area contributed by atoms with Crippen molar-refractivity contribution in [3.8, 4) is 0 Å². The standard InChI is InChI=1S/C12H14N2O3/c1-9-11(15)14(12(16)13-9)8-17-7-10-5-3-2-4-6-10/h2-6,9H,7-8H2,1H3,(H,13,16). The lowest BCUT2D eigenvalue weighted by molar-refractivity contribution is -0.131. The molecule has 1 aliphatic heterocycles. The fourth-order valence-corrected chi connectivity index (χ4v) is 1.61. The van der Waals surface area contributed by atoms with Crippen molar-refractivity contribution in [2.24, 2.45) is 0 Å². The van der Waals surface area contributed by atoms with Gasteiger partial charge >= 0.3 is 6.03 Å². The molecule has 1 fully saturated rings. The molecule has 17 heavy (non-hydrogen) atoms. The van der Waals surface area contributed by atoms with Crippen molar-refractivity contribution >= 4 is 11.9 Å². The van der Waals surface area contributed by atoms with Crippen molar-refractivity contribution < 1.29 is 14.3 Å². The van der Waals surface area contributed by atoms with Crippen LogP contribution in [0, 0.1) is 0 Å². The van der Waals surface area contributed by atoms with Gasteiger partial charge in [-0.1, -0.05) is 30.3 Å². The first-order valence-corrected chi connectivity index (χ1v) is 5.42. The van der Waals surface area contributed by atoms with E-state index < -0.39 is 12.1 Å². The van der Waals surface area contributed by atoms with Crippen LogP contribution in [0.2, 0.25) is 0 Å². The number of nitrogens with one attached hydrogen (secondary N) is 1. The van der Waals surface area contributed by atoms with Crippen LogP contribution in [0.4, 0.5) is 4.79 Å². The van der Waals surface area contributed by atoms with Crippen LogP contribution in [0.5, 0.6) is 0 Å². The van der Waals surface area contributed by atoms with Gasteiger partial charge in [0.05, 0.1) is 6.61 Å². The van der Waals surface area contributed by atoms with Crippen LogP contribution < -0.4 is 5.32 Å². The molecule has 1 atom stereocenters. The summed E-state index contributed by atoms with van der Waals surface area (Å²) in [5.41, 5.74) is 1.01. The Morgan fingerprint density at radius 3 is 2.59 bits per heavy atom. The third-order valence-electron chi connectivity index (χ3n) is 2.55. The third kappa shape index (κ3) is 2.62. The maximum absolute atomic E-state index is 11.5. The molecule has 0 bridgehead atoms. The molecule has 0 saturated carbocycles. The Kier molecular flexibility index (Phi) is 3.39. The first-order valence-electron chi connectivity index (χ1n) is 5.42. The van der Waals surface area contributed by atoms with Crippen molar-refractivity contribution in [1.29, 1.82) is 0 Å². The molecule has 1 aromatic carbocycles. The fourth-order valence-electron chi connectivity index (χ4n) is 1.61. The van der Waals surface area contributed by atoms with Gasteiger partial charge in [0, 0.05) is 0 Å². The normalized spacial score (nSPS) is 19.6. The predicted molar refractivity (Wildman–Crippen MR) is 60.9 cm³/mol. The second-order valence-corrected chi connectivity index (χ2v) is 3.90. The molecule has 90 valence electrons. The average molecular weight is 234 g/mol. The Bertz CT molecular complexity index is 419. The number of imide groups is 1. The summed E-state index contributed by atoms with van der Waals surface area (Å²) in [5, 5.41) is 2.52. The van der Waals surface area contributed by atoms with E-state index in [0.717, 1.165) is 10.5 Å². The van der Waals surface area contributed by atoms with Crippen LogP contribution in [0.1, 0.15) is 12.5 Å². The van der Waals surface area contributed by atoms with Crippen molar-refractivity contribution in [2.45, 2.75) is 19.6 Å². The quantitative estimate of drug-likeness (QED) is 0.794. The van der Waals surface area contributed by atoms with E-state index in [0.29, 0.717) is 6.61 Å². The molecule has 0 spiro atoms. The van der Waals surface area contributed by atoms with Crippen LogP contribution in [0.3, 0.4) is 0 Å². The van der Waals surface area contributed by atoms with E-state index >= 15 is 0 Å². The highest BCUT2D eigenvalue weighted by Crippen LogP contribution is 2.07. The topological polar surface area (TPSA) is 58.6 Å². The van der Waals surface area contributed by atoms with Gasteiger partial charge in [0.2, 0.25) is 0 Å². The van der Waals surface area contributed by atoms with Crippen molar-refractivity contribution in [2.75, 3.05) is 6.73 Å². The summed E-state index contributed by atoms with van der Waals surface area (Å²) < 4.78 is 5.34. The van der Waals surface area contributed by atoms with Crippen molar-refractivity contribution in [1.82, 2.24) is 10.2 Å². The summed E-state index contributed by atoms with van der Waals surface area (Å²) in [7, 11) is 0. The number of carbonyl (C=O) groups is 2. The zero-order chi connectivity index (χ0) is 12.3. The summed E-state index contributed by atoms with van der Waals surface area (Å²) in [6.45, 7) is 2.02. The van der Waals surface area contributed by atoms with E-state index in [4.69, 9.17) is 4.74 Å². The summed E-state index contributed by atoms with van der Waals surface area (Å²) in [6, 6.07) is 8.74. The number of hydrogen-bond acceptors (Lipinski definition) is 3. The maximum Gasteiger partial charge on any atom is 0.326 e. The Morgan fingerprint density at radius 2 is 2.00 bits per heavy atom. The molecule has 5 heteroatoms. The molecule has 1 N–H and O–H groups in total. The highest BCUT2D eigenvalue weighted by Gasteiger charge is 2.34. The summed E-state index contributed by atoms with van der Waals surface area (Å²) in [4.78, 5) is 23.9. The summed E-state index contributed by atoms with van der Waals surface area (Å²) in [6.07, 6.45) is 0. The summed E-state index contributed by atoms with van der Waals surface area (Å²) >= 11 is 0. The lowest BCUT2D eigenvalue weighted by Crippen LogP contribution is -2.33. The Balaban J connectivity index is 1.83. The molecule has 0 radical (unpaired) electrons. The number of nitrogens with zero attached hydrogens (tertiary/aromatic N) is 1. The fraction of sp³-hybridized carbons (Fsp3) is 0.333. The smallest absolute Gasteiger partial charge is 0.326 e. The van der Waals surface area contributed by atoms with E-state index in [1.807, 2.05) is 30.3 Å². The molecule has 1 aromatic rings. The van der Waals surface area contributed by atoms with E-state index in [1.54, 1.807) is 6.92 Å². The molecular formula is C12H14N2O3. The molecule has 1 aliphatic rings. The third-order valence-corrected chi connectivity index (χ3v) is 2.55. The van der Waals surface area contributed by atoms with E-state index in [2.05, 4.69) is 5.32 Å². The zero-order valence-corrected chi connectivity index (χ0v) is 9.55. The summed E-state index contributed by atoms with van der Waals surface area (Å²) in [5.74, 6) is -0.247. The second kappa shape index (κ2) is 4.97. The lowest BCUT2D eigenvalue weighted by atomic mass is 10.2. The number of benzene rings is 1. The van der Waals surface area contributed by atoms with Gasteiger partial charge in [-0.15, -0.1) is 0 Å². The van der Waals surface area contributed by atoms with E-state index in [-0.39, 0.29) is 12.6 Å². The Hall–Kier alpha value is -1.88. The SMILES string of the molecule is CC1NC(=O)N(COCc2ccccc2)C1=O. The molecule has 2 rings (SSSR count). The van der Waals surface area contributed by atoms with Gasteiger partial charge in [-0.3, -0.25) is 4.79 Å². The zero-order valence-electron chi connectivity index (χ0n) is 9.55. The van der Waals surface area contributed by atoms with Gasteiger partial charge in [-0.05, 0) is 12.5 Å². The lowest BCUT2D eigenvalue weighted by Gasteiger charge is -2.12. The van der Waals surface area contributed by atoms with E-state index in [1.165, 1.54) is 0 Å². The highest BCUT2D eigenvalue weighted by molar-refractivity contribution is 6.03. The van der Waals surface area contributed by atoms with Crippen LogP contribution in [-0.4, -0.2) is 29.6 Å². The van der Waals surface area contributed by atoms with Crippen LogP contribution in [0.15, 0.2) is 30.3 Å². The number of urea groups is 1. The van der Waals surface area contributed by atoms with Crippen molar-refractivity contribution in [3.63, 3.8) is 0 Å². The van der Waals surface area contributed by atoms with Gasteiger partial charge in [-0.2, -0.15) is 0 Å². The molecule has 1 saturated heterocycles.